The zero-order valence-corrected chi connectivity index (χ0v) is 22.9. The molecule has 2 rings (SSSR count). The molecular formula is C26H36N4O6S. The van der Waals surface area contributed by atoms with Crippen LogP contribution in [0.4, 0.5) is 11.4 Å². The summed E-state index contributed by atoms with van der Waals surface area (Å²) in [7, 11) is -4.00. The van der Waals surface area contributed by atoms with Crippen LogP contribution in [0.15, 0.2) is 42.5 Å². The van der Waals surface area contributed by atoms with Crippen LogP contribution in [-0.2, 0) is 26.2 Å². The molecule has 1 N–H and O–H groups in total. The first-order chi connectivity index (χ1) is 17.4. The minimum absolute atomic E-state index is 0.0426. The number of nitro groups is 1. The van der Waals surface area contributed by atoms with Crippen LogP contribution in [0.5, 0.6) is 0 Å². The van der Waals surface area contributed by atoms with Crippen LogP contribution in [-0.4, -0.2) is 55.4 Å². The average Bonchev–Trinajstić information content (AvgIpc) is 2.82. The number of amides is 2. The predicted octanol–water partition coefficient (Wildman–Crippen LogP) is 3.70. The first kappa shape index (κ1) is 29.8. The number of sulfonamides is 1. The van der Waals surface area contributed by atoms with Crippen molar-refractivity contribution in [2.24, 2.45) is 0 Å². The number of hydrogen-bond donors (Lipinski definition) is 1. The van der Waals surface area contributed by atoms with E-state index in [9.17, 15) is 28.1 Å². The topological polar surface area (TPSA) is 130 Å². The molecule has 0 saturated heterocycles. The van der Waals surface area contributed by atoms with Crippen molar-refractivity contribution < 1.29 is 22.9 Å². The van der Waals surface area contributed by atoms with E-state index in [1.54, 1.807) is 13.8 Å². The van der Waals surface area contributed by atoms with Crippen LogP contribution < -0.4 is 9.62 Å². The van der Waals surface area contributed by atoms with Crippen molar-refractivity contribution >= 4 is 33.2 Å². The van der Waals surface area contributed by atoms with Gasteiger partial charge in [0.2, 0.25) is 21.8 Å². The van der Waals surface area contributed by atoms with Gasteiger partial charge in [-0.3, -0.25) is 24.0 Å². The van der Waals surface area contributed by atoms with Crippen molar-refractivity contribution in [3.63, 3.8) is 0 Å². The third kappa shape index (κ3) is 8.28. The summed E-state index contributed by atoms with van der Waals surface area (Å²) in [6, 6.07) is 10.6. The number of benzene rings is 2. The number of unbranched alkanes of at least 4 members (excludes halogenated alkanes) is 1. The highest BCUT2D eigenvalue weighted by Gasteiger charge is 2.32. The highest BCUT2D eigenvalue weighted by atomic mass is 32.2. The van der Waals surface area contributed by atoms with Crippen molar-refractivity contribution in [1.82, 2.24) is 10.2 Å². The fourth-order valence-electron chi connectivity index (χ4n) is 4.01. The van der Waals surface area contributed by atoms with Crippen molar-refractivity contribution in [3.8, 4) is 0 Å². The van der Waals surface area contributed by atoms with Crippen LogP contribution in [0, 0.1) is 24.0 Å². The largest absolute Gasteiger partial charge is 0.354 e. The summed E-state index contributed by atoms with van der Waals surface area (Å²) in [6.45, 7) is 7.30. The molecule has 0 radical (unpaired) electrons. The second kappa shape index (κ2) is 13.2. The van der Waals surface area contributed by atoms with Gasteiger partial charge in [-0.25, -0.2) is 8.42 Å². The van der Waals surface area contributed by atoms with Gasteiger partial charge >= 0.3 is 0 Å². The smallest absolute Gasteiger partial charge is 0.271 e. The number of non-ortho nitro benzene ring substituents is 1. The van der Waals surface area contributed by atoms with Crippen LogP contribution >= 0.6 is 0 Å². The number of nitro benzene ring substituents is 1. The highest BCUT2D eigenvalue weighted by Crippen LogP contribution is 2.28. The van der Waals surface area contributed by atoms with Gasteiger partial charge in [0.25, 0.3) is 5.69 Å². The Kier molecular flexibility index (Phi) is 10.6. The van der Waals surface area contributed by atoms with Crippen molar-refractivity contribution in [2.45, 2.75) is 59.5 Å². The number of nitrogens with zero attached hydrogens (tertiary/aromatic N) is 3. The first-order valence-electron chi connectivity index (χ1n) is 12.2. The van der Waals surface area contributed by atoms with Crippen LogP contribution in [0.25, 0.3) is 0 Å². The molecule has 202 valence electrons. The van der Waals surface area contributed by atoms with Crippen LogP contribution in [0.1, 0.15) is 49.8 Å². The Morgan fingerprint density at radius 1 is 1.11 bits per heavy atom. The Morgan fingerprint density at radius 3 is 2.38 bits per heavy atom. The summed E-state index contributed by atoms with van der Waals surface area (Å²) < 4.78 is 26.4. The molecule has 0 aliphatic heterocycles. The number of aryl methyl sites for hydroxylation is 2. The number of rotatable bonds is 13. The van der Waals surface area contributed by atoms with Gasteiger partial charge in [0.05, 0.1) is 16.9 Å². The molecule has 0 aliphatic rings. The molecule has 0 fully saturated rings. The standard InChI is InChI=1S/C26H36N4O6S/c1-6-8-14-27-26(32)23(7-2)28(17-21-11-9-10-19(3)15-21)25(31)18-29(37(5,35)36)24-16-22(30(33)34)13-12-20(24)4/h9-13,15-16,23H,6-8,14,17-18H2,1-5H3,(H,27,32)/t23-/m0/s1. The van der Waals surface area contributed by atoms with E-state index in [1.165, 1.54) is 17.0 Å². The van der Waals surface area contributed by atoms with Gasteiger partial charge in [-0.05, 0) is 37.8 Å². The molecule has 0 aliphatic carbocycles. The normalized spacial score (nSPS) is 12.0. The number of carbonyl (C=O) groups excluding carboxylic acids is 2. The molecule has 2 aromatic rings. The van der Waals surface area contributed by atoms with E-state index >= 15 is 0 Å². The summed E-state index contributed by atoms with van der Waals surface area (Å²) in [5.74, 6) is -0.898. The molecule has 0 spiro atoms. The monoisotopic (exact) mass is 532 g/mol. The summed E-state index contributed by atoms with van der Waals surface area (Å²) in [4.78, 5) is 38.9. The Bertz CT molecular complexity index is 1230. The van der Waals surface area contributed by atoms with Crippen molar-refractivity contribution in [3.05, 3.63) is 69.3 Å². The van der Waals surface area contributed by atoms with Gasteiger partial charge in [-0.1, -0.05) is 56.2 Å². The van der Waals surface area contributed by atoms with Gasteiger partial charge < -0.3 is 10.2 Å². The Balaban J connectivity index is 2.49. The minimum Gasteiger partial charge on any atom is -0.354 e. The lowest BCUT2D eigenvalue weighted by atomic mass is 10.1. The maximum atomic E-state index is 13.7. The molecule has 0 aromatic heterocycles. The van der Waals surface area contributed by atoms with E-state index < -0.39 is 33.4 Å². The molecular weight excluding hydrogens is 496 g/mol. The van der Waals surface area contributed by atoms with Gasteiger partial charge in [0, 0.05) is 25.2 Å². The summed E-state index contributed by atoms with van der Waals surface area (Å²) in [6.07, 6.45) is 2.96. The second-order valence-corrected chi connectivity index (χ2v) is 11.0. The fraction of sp³-hybridized carbons (Fsp3) is 0.462. The summed E-state index contributed by atoms with van der Waals surface area (Å²) in [5.41, 5.74) is 1.99. The minimum atomic E-state index is -4.00. The molecule has 0 heterocycles. The molecule has 0 unspecified atom stereocenters. The van der Waals surface area contributed by atoms with Crippen LogP contribution in [0.3, 0.4) is 0 Å². The van der Waals surface area contributed by atoms with E-state index in [-0.39, 0.29) is 23.8 Å². The number of hydrogen-bond acceptors (Lipinski definition) is 6. The highest BCUT2D eigenvalue weighted by molar-refractivity contribution is 7.92. The maximum absolute atomic E-state index is 13.7. The van der Waals surface area contributed by atoms with E-state index in [4.69, 9.17) is 0 Å². The molecule has 37 heavy (non-hydrogen) atoms. The fourth-order valence-corrected chi connectivity index (χ4v) is 4.91. The molecule has 0 bridgehead atoms. The van der Waals surface area contributed by atoms with Gasteiger partial charge in [0.15, 0.2) is 0 Å². The van der Waals surface area contributed by atoms with E-state index in [0.29, 0.717) is 18.5 Å². The lowest BCUT2D eigenvalue weighted by Crippen LogP contribution is -2.52. The SMILES string of the molecule is CCCCNC(=O)[C@H](CC)N(Cc1cccc(C)c1)C(=O)CN(c1cc([N+](=O)[O-])ccc1C)S(C)(=O)=O. The van der Waals surface area contributed by atoms with E-state index in [1.807, 2.05) is 38.1 Å². The van der Waals surface area contributed by atoms with Gasteiger partial charge in [0.1, 0.15) is 12.6 Å². The average molecular weight is 533 g/mol. The molecule has 2 amide bonds. The zero-order chi connectivity index (χ0) is 27.8. The Morgan fingerprint density at radius 2 is 1.81 bits per heavy atom. The number of anilines is 1. The quantitative estimate of drug-likeness (QED) is 0.238. The third-order valence-electron chi connectivity index (χ3n) is 6.00. The second-order valence-electron chi connectivity index (χ2n) is 9.08. The number of nitrogens with one attached hydrogen (secondary N) is 1. The van der Waals surface area contributed by atoms with E-state index in [2.05, 4.69) is 5.32 Å². The summed E-state index contributed by atoms with van der Waals surface area (Å²) >= 11 is 0. The third-order valence-corrected chi connectivity index (χ3v) is 7.13. The summed E-state index contributed by atoms with van der Waals surface area (Å²) in [5, 5.41) is 14.2. The molecule has 2 aromatic carbocycles. The number of carbonyl (C=O) groups is 2. The molecule has 10 nitrogen and oxygen atoms in total. The molecule has 1 atom stereocenters. The Labute approximate surface area is 218 Å². The Hall–Kier alpha value is -3.47. The molecule has 0 saturated carbocycles. The maximum Gasteiger partial charge on any atom is 0.271 e. The molecule has 11 heteroatoms. The van der Waals surface area contributed by atoms with Crippen LogP contribution in [0.2, 0.25) is 0 Å². The lowest BCUT2D eigenvalue weighted by Gasteiger charge is -2.33. The lowest BCUT2D eigenvalue weighted by molar-refractivity contribution is -0.384. The zero-order valence-electron chi connectivity index (χ0n) is 22.1. The van der Waals surface area contributed by atoms with Crippen molar-refractivity contribution in [1.29, 1.82) is 0 Å². The predicted molar refractivity (Wildman–Crippen MR) is 144 cm³/mol. The van der Waals surface area contributed by atoms with Gasteiger partial charge in [-0.15, -0.1) is 0 Å². The van der Waals surface area contributed by atoms with Crippen molar-refractivity contribution in [2.75, 3.05) is 23.7 Å². The van der Waals surface area contributed by atoms with E-state index in [0.717, 1.165) is 40.6 Å². The van der Waals surface area contributed by atoms with Gasteiger partial charge in [-0.2, -0.15) is 0 Å². The first-order valence-corrected chi connectivity index (χ1v) is 14.1.